The Hall–Kier alpha value is -1.90. The highest BCUT2D eigenvalue weighted by molar-refractivity contribution is 9.11. The molecule has 0 aromatic heterocycles. The van der Waals surface area contributed by atoms with E-state index in [1.54, 1.807) is 36.4 Å². The lowest BCUT2D eigenvalue weighted by molar-refractivity contribution is -0.126. The van der Waals surface area contributed by atoms with Crippen LogP contribution in [0.3, 0.4) is 0 Å². The summed E-state index contributed by atoms with van der Waals surface area (Å²) in [5.41, 5.74) is 3.33. The monoisotopic (exact) mass is 487 g/mol. The standard InChI is InChI=1S/C16H12Br2ClN3O3/c17-10-5-9(6-11(18)16(10)25)8-20-22-15(24)7-14(23)21-13-4-2-1-3-12(13)19/h1-6,8,25H,7H2,(H,21,23)(H,22,24). The third kappa shape index (κ3) is 5.84. The molecule has 25 heavy (non-hydrogen) atoms. The molecule has 0 fully saturated rings. The number of amides is 2. The SMILES string of the molecule is O=C(CC(=O)Nc1ccccc1Cl)NN=Cc1cc(Br)c(O)c(Br)c1. The first-order chi connectivity index (χ1) is 11.9. The minimum Gasteiger partial charge on any atom is -0.506 e. The van der Waals surface area contributed by atoms with Crippen molar-refractivity contribution in [1.82, 2.24) is 5.43 Å². The maximum atomic E-state index is 11.8. The van der Waals surface area contributed by atoms with Gasteiger partial charge in [-0.15, -0.1) is 0 Å². The normalized spacial score (nSPS) is 10.7. The first-order valence-electron chi connectivity index (χ1n) is 6.91. The summed E-state index contributed by atoms with van der Waals surface area (Å²) in [6, 6.07) is 9.98. The molecule has 0 bridgehead atoms. The molecular formula is C16H12Br2ClN3O3. The Balaban J connectivity index is 1.88. The molecule has 2 rings (SSSR count). The second-order valence-electron chi connectivity index (χ2n) is 4.83. The smallest absolute Gasteiger partial charge is 0.249 e. The van der Waals surface area contributed by atoms with Crippen molar-refractivity contribution < 1.29 is 14.7 Å². The van der Waals surface area contributed by atoms with Gasteiger partial charge in [-0.2, -0.15) is 5.10 Å². The highest BCUT2D eigenvalue weighted by Gasteiger charge is 2.10. The Morgan fingerprint density at radius 1 is 1.16 bits per heavy atom. The van der Waals surface area contributed by atoms with E-state index >= 15 is 0 Å². The van der Waals surface area contributed by atoms with Gasteiger partial charge in [-0.05, 0) is 61.7 Å². The van der Waals surface area contributed by atoms with Crippen LogP contribution in [-0.4, -0.2) is 23.1 Å². The molecule has 0 spiro atoms. The fourth-order valence-corrected chi connectivity index (χ4v) is 3.19. The predicted molar refractivity (Wildman–Crippen MR) is 104 cm³/mol. The molecule has 0 aliphatic rings. The molecule has 6 nitrogen and oxygen atoms in total. The van der Waals surface area contributed by atoms with E-state index in [0.717, 1.165) is 0 Å². The molecule has 0 saturated carbocycles. The second kappa shape index (κ2) is 8.98. The van der Waals surface area contributed by atoms with Gasteiger partial charge in [-0.25, -0.2) is 5.43 Å². The van der Waals surface area contributed by atoms with Crippen molar-refractivity contribution in [3.05, 3.63) is 55.9 Å². The number of rotatable bonds is 5. The number of carbonyl (C=O) groups is 2. The number of phenols is 1. The highest BCUT2D eigenvalue weighted by Crippen LogP contribution is 2.32. The van der Waals surface area contributed by atoms with Crippen molar-refractivity contribution >= 4 is 67.2 Å². The van der Waals surface area contributed by atoms with Crippen molar-refractivity contribution in [3.63, 3.8) is 0 Å². The van der Waals surface area contributed by atoms with Gasteiger partial charge in [0.1, 0.15) is 12.2 Å². The average Bonchev–Trinajstić information content (AvgIpc) is 2.54. The van der Waals surface area contributed by atoms with Crippen LogP contribution in [0.2, 0.25) is 5.02 Å². The summed E-state index contributed by atoms with van der Waals surface area (Å²) >= 11 is 12.3. The van der Waals surface area contributed by atoms with Gasteiger partial charge in [-0.3, -0.25) is 9.59 Å². The van der Waals surface area contributed by atoms with E-state index in [-0.39, 0.29) is 5.75 Å². The van der Waals surface area contributed by atoms with Crippen LogP contribution in [0.4, 0.5) is 5.69 Å². The molecule has 130 valence electrons. The molecular weight excluding hydrogens is 477 g/mol. The summed E-state index contributed by atoms with van der Waals surface area (Å²) in [5, 5.41) is 16.3. The van der Waals surface area contributed by atoms with E-state index in [2.05, 4.69) is 47.7 Å². The number of para-hydroxylation sites is 1. The number of hydrazone groups is 1. The first-order valence-corrected chi connectivity index (χ1v) is 8.87. The van der Waals surface area contributed by atoms with Crippen LogP contribution in [0.5, 0.6) is 5.75 Å². The zero-order chi connectivity index (χ0) is 18.4. The lowest BCUT2D eigenvalue weighted by atomic mass is 10.2. The molecule has 3 N–H and O–H groups in total. The second-order valence-corrected chi connectivity index (χ2v) is 6.95. The molecule has 0 heterocycles. The Kier molecular flexibility index (Phi) is 6.98. The van der Waals surface area contributed by atoms with Crippen LogP contribution in [0.25, 0.3) is 0 Å². The molecule has 2 aromatic rings. The Labute approximate surface area is 165 Å². The highest BCUT2D eigenvalue weighted by atomic mass is 79.9. The van der Waals surface area contributed by atoms with Crippen LogP contribution in [0, 0.1) is 0 Å². The number of hydrogen-bond acceptors (Lipinski definition) is 4. The zero-order valence-electron chi connectivity index (χ0n) is 12.6. The topological polar surface area (TPSA) is 90.8 Å². The fourth-order valence-electron chi connectivity index (χ4n) is 1.78. The average molecular weight is 490 g/mol. The van der Waals surface area contributed by atoms with Gasteiger partial charge in [0.25, 0.3) is 0 Å². The molecule has 0 aliphatic carbocycles. The summed E-state index contributed by atoms with van der Waals surface area (Å²) in [6.45, 7) is 0. The summed E-state index contributed by atoms with van der Waals surface area (Å²) < 4.78 is 0.961. The molecule has 9 heteroatoms. The zero-order valence-corrected chi connectivity index (χ0v) is 16.5. The molecule has 0 aliphatic heterocycles. The molecule has 0 atom stereocenters. The van der Waals surface area contributed by atoms with Gasteiger partial charge in [0.15, 0.2) is 0 Å². The van der Waals surface area contributed by atoms with Gasteiger partial charge in [0, 0.05) is 0 Å². The van der Waals surface area contributed by atoms with Crippen LogP contribution in [-0.2, 0) is 9.59 Å². The van der Waals surface area contributed by atoms with Gasteiger partial charge >= 0.3 is 0 Å². The third-order valence-corrected chi connectivity index (χ3v) is 4.45. The quantitative estimate of drug-likeness (QED) is 0.336. The number of phenolic OH excluding ortho intramolecular Hbond substituents is 1. The fraction of sp³-hybridized carbons (Fsp3) is 0.0625. The lowest BCUT2D eigenvalue weighted by Crippen LogP contribution is -2.24. The van der Waals surface area contributed by atoms with Gasteiger partial charge < -0.3 is 10.4 Å². The summed E-state index contributed by atoms with van der Waals surface area (Å²) in [6.07, 6.45) is 0.990. The number of halogens is 3. The van der Waals surface area contributed by atoms with Gasteiger partial charge in [-0.1, -0.05) is 23.7 Å². The Bertz CT molecular complexity index is 820. The van der Waals surface area contributed by atoms with Crippen LogP contribution < -0.4 is 10.7 Å². The maximum Gasteiger partial charge on any atom is 0.249 e. The van der Waals surface area contributed by atoms with Crippen LogP contribution in [0.1, 0.15) is 12.0 Å². The minimum atomic E-state index is -0.572. The van der Waals surface area contributed by atoms with Crippen molar-refractivity contribution in [2.24, 2.45) is 5.10 Å². The number of benzene rings is 2. The summed E-state index contributed by atoms with van der Waals surface area (Å²) in [4.78, 5) is 23.5. The summed E-state index contributed by atoms with van der Waals surface area (Å²) in [7, 11) is 0. The third-order valence-electron chi connectivity index (χ3n) is 2.91. The number of aromatic hydroxyl groups is 1. The first kappa shape index (κ1) is 19.4. The van der Waals surface area contributed by atoms with Crippen LogP contribution >= 0.6 is 43.5 Å². The van der Waals surface area contributed by atoms with E-state index in [1.807, 2.05) is 0 Å². The van der Waals surface area contributed by atoms with E-state index in [4.69, 9.17) is 11.6 Å². The van der Waals surface area contributed by atoms with Crippen molar-refractivity contribution in [1.29, 1.82) is 0 Å². The molecule has 0 unspecified atom stereocenters. The van der Waals surface area contributed by atoms with E-state index in [9.17, 15) is 14.7 Å². The van der Waals surface area contributed by atoms with Crippen molar-refractivity contribution in [3.8, 4) is 5.75 Å². The number of nitrogens with one attached hydrogen (secondary N) is 2. The molecule has 0 radical (unpaired) electrons. The maximum absolute atomic E-state index is 11.8. The van der Waals surface area contributed by atoms with Crippen LogP contribution in [0.15, 0.2) is 50.4 Å². The Morgan fingerprint density at radius 3 is 2.44 bits per heavy atom. The minimum absolute atomic E-state index is 0.0671. The number of anilines is 1. The van der Waals surface area contributed by atoms with E-state index in [1.165, 1.54) is 6.21 Å². The number of nitrogens with zero attached hydrogens (tertiary/aromatic N) is 1. The molecule has 0 saturated heterocycles. The number of hydrogen-bond donors (Lipinski definition) is 3. The molecule has 2 aromatic carbocycles. The van der Waals surface area contributed by atoms with E-state index < -0.39 is 18.2 Å². The van der Waals surface area contributed by atoms with Crippen molar-refractivity contribution in [2.75, 3.05) is 5.32 Å². The van der Waals surface area contributed by atoms with Gasteiger partial charge in [0.05, 0.1) is 25.9 Å². The molecule has 2 amide bonds. The van der Waals surface area contributed by atoms with E-state index in [0.29, 0.717) is 25.2 Å². The Morgan fingerprint density at radius 2 is 1.80 bits per heavy atom. The largest absolute Gasteiger partial charge is 0.506 e. The number of carbonyl (C=O) groups excluding carboxylic acids is 2. The van der Waals surface area contributed by atoms with Crippen molar-refractivity contribution in [2.45, 2.75) is 6.42 Å². The summed E-state index contributed by atoms with van der Waals surface area (Å²) in [5.74, 6) is -1.01. The lowest BCUT2D eigenvalue weighted by Gasteiger charge is -2.06. The predicted octanol–water partition coefficient (Wildman–Crippen LogP) is 4.05. The van der Waals surface area contributed by atoms with Gasteiger partial charge in [0.2, 0.25) is 11.8 Å².